The molecule has 0 spiro atoms. The van der Waals surface area contributed by atoms with E-state index in [4.69, 9.17) is 0 Å². The fourth-order valence-corrected chi connectivity index (χ4v) is 3.16. The zero-order chi connectivity index (χ0) is 17.1. The topological polar surface area (TPSA) is 53.9 Å². The molecule has 0 radical (unpaired) electrons. The van der Waals surface area contributed by atoms with Crippen molar-refractivity contribution in [3.63, 3.8) is 0 Å². The van der Waals surface area contributed by atoms with Crippen LogP contribution in [0.5, 0.6) is 0 Å². The number of likely N-dealkylation sites (N-methyl/N-ethyl adjacent to an activating group) is 1. The number of piperidine rings is 1. The molecule has 0 aromatic carbocycles. The highest BCUT2D eigenvalue weighted by atomic mass is 16.2. The molecule has 5 heteroatoms. The van der Waals surface area contributed by atoms with Crippen molar-refractivity contribution in [3.05, 3.63) is 0 Å². The molecule has 1 saturated heterocycles. The van der Waals surface area contributed by atoms with Gasteiger partial charge in [0.2, 0.25) is 0 Å². The van der Waals surface area contributed by atoms with Gasteiger partial charge in [-0.25, -0.2) is 0 Å². The first-order valence-corrected chi connectivity index (χ1v) is 8.48. The standard InChI is InChI=1S/C17H33N3O2/c1-12-9-8-10-13(2)20(12)16(22)14(3)19(7)11-15(21)18-17(4,5)6/h12-14H,8-11H2,1-7H3,(H,18,21)/p+1/t12-,13-,14+/m0/s1. The maximum atomic E-state index is 12.8. The molecule has 1 aliphatic heterocycles. The summed E-state index contributed by atoms with van der Waals surface area (Å²) >= 11 is 0. The van der Waals surface area contributed by atoms with Gasteiger partial charge in [-0.3, -0.25) is 9.59 Å². The summed E-state index contributed by atoms with van der Waals surface area (Å²) in [6.07, 6.45) is 3.34. The third-order valence-corrected chi connectivity index (χ3v) is 4.51. The molecule has 0 bridgehead atoms. The van der Waals surface area contributed by atoms with Gasteiger partial charge in [-0.1, -0.05) is 0 Å². The Morgan fingerprint density at radius 2 is 1.73 bits per heavy atom. The highest BCUT2D eigenvalue weighted by Gasteiger charge is 2.35. The van der Waals surface area contributed by atoms with E-state index in [1.165, 1.54) is 6.42 Å². The van der Waals surface area contributed by atoms with Gasteiger partial charge in [-0.15, -0.1) is 0 Å². The van der Waals surface area contributed by atoms with E-state index in [0.29, 0.717) is 18.6 Å². The molecule has 1 unspecified atom stereocenters. The second-order valence-electron chi connectivity index (χ2n) is 7.92. The molecule has 1 heterocycles. The van der Waals surface area contributed by atoms with Crippen LogP contribution in [-0.4, -0.2) is 54.0 Å². The van der Waals surface area contributed by atoms with Gasteiger partial charge in [0.15, 0.2) is 12.6 Å². The minimum Gasteiger partial charge on any atom is -0.347 e. The Hall–Kier alpha value is -1.10. The molecule has 2 amide bonds. The lowest BCUT2D eigenvalue weighted by Gasteiger charge is -2.40. The van der Waals surface area contributed by atoms with Crippen molar-refractivity contribution < 1.29 is 14.5 Å². The van der Waals surface area contributed by atoms with Crippen molar-refractivity contribution >= 4 is 11.8 Å². The molecule has 1 rings (SSSR count). The Balaban J connectivity index is 2.63. The first kappa shape index (κ1) is 18.9. The maximum Gasteiger partial charge on any atom is 0.281 e. The molecule has 128 valence electrons. The van der Waals surface area contributed by atoms with Gasteiger partial charge in [-0.05, 0) is 60.8 Å². The van der Waals surface area contributed by atoms with Crippen molar-refractivity contribution in [2.45, 2.75) is 84.5 Å². The van der Waals surface area contributed by atoms with Crippen molar-refractivity contribution in [3.8, 4) is 0 Å². The first-order valence-electron chi connectivity index (χ1n) is 8.48. The van der Waals surface area contributed by atoms with Crippen molar-refractivity contribution in [2.24, 2.45) is 0 Å². The zero-order valence-electron chi connectivity index (χ0n) is 15.3. The highest BCUT2D eigenvalue weighted by Crippen LogP contribution is 2.22. The minimum atomic E-state index is -0.236. The summed E-state index contributed by atoms with van der Waals surface area (Å²) in [7, 11) is 1.92. The van der Waals surface area contributed by atoms with E-state index in [-0.39, 0.29) is 23.4 Å². The Morgan fingerprint density at radius 1 is 1.23 bits per heavy atom. The second-order valence-corrected chi connectivity index (χ2v) is 7.92. The van der Waals surface area contributed by atoms with Crippen molar-refractivity contribution in [1.82, 2.24) is 10.2 Å². The SMILES string of the molecule is C[C@H](C(=O)N1[C@@H](C)CCC[C@@H]1C)[NH+](C)CC(=O)NC(C)(C)C. The number of quaternary nitrogens is 1. The maximum absolute atomic E-state index is 12.8. The summed E-state index contributed by atoms with van der Waals surface area (Å²) in [4.78, 5) is 27.8. The first-order chi connectivity index (χ1) is 10.0. The van der Waals surface area contributed by atoms with Crippen LogP contribution < -0.4 is 10.2 Å². The number of nitrogens with zero attached hydrogens (tertiary/aromatic N) is 1. The normalized spacial score (nSPS) is 25.5. The Bertz CT molecular complexity index is 393. The summed E-state index contributed by atoms with van der Waals surface area (Å²) in [5.41, 5.74) is -0.236. The van der Waals surface area contributed by atoms with Crippen LogP contribution in [-0.2, 0) is 9.59 Å². The lowest BCUT2D eigenvalue weighted by molar-refractivity contribution is -0.886. The largest absolute Gasteiger partial charge is 0.347 e. The predicted octanol–water partition coefficient (Wildman–Crippen LogP) is 0.594. The van der Waals surface area contributed by atoms with Gasteiger partial charge in [0, 0.05) is 17.6 Å². The van der Waals surface area contributed by atoms with Gasteiger partial charge in [0.05, 0.1) is 7.05 Å². The lowest BCUT2D eigenvalue weighted by atomic mass is 9.96. The van der Waals surface area contributed by atoms with Crippen LogP contribution in [0, 0.1) is 0 Å². The third-order valence-electron chi connectivity index (χ3n) is 4.51. The molecule has 1 aliphatic rings. The number of carbonyl (C=O) groups excluding carboxylic acids is 2. The van der Waals surface area contributed by atoms with Crippen LogP contribution in [0.15, 0.2) is 0 Å². The summed E-state index contributed by atoms with van der Waals surface area (Å²) in [6.45, 7) is 12.4. The number of hydrogen-bond donors (Lipinski definition) is 2. The molecule has 1 fully saturated rings. The molecule has 0 aromatic heterocycles. The van der Waals surface area contributed by atoms with Gasteiger partial charge >= 0.3 is 0 Å². The predicted molar refractivity (Wildman–Crippen MR) is 88.7 cm³/mol. The van der Waals surface area contributed by atoms with Crippen LogP contribution in [0.3, 0.4) is 0 Å². The third kappa shape index (κ3) is 5.27. The van der Waals surface area contributed by atoms with E-state index in [9.17, 15) is 9.59 Å². The molecular weight excluding hydrogens is 278 g/mol. The van der Waals surface area contributed by atoms with Crippen LogP contribution in [0.1, 0.15) is 60.8 Å². The van der Waals surface area contributed by atoms with E-state index in [1.54, 1.807) is 0 Å². The molecule has 0 saturated carbocycles. The van der Waals surface area contributed by atoms with E-state index in [2.05, 4.69) is 19.2 Å². The van der Waals surface area contributed by atoms with Gasteiger partial charge in [0.25, 0.3) is 11.8 Å². The average molecular weight is 312 g/mol. The zero-order valence-corrected chi connectivity index (χ0v) is 15.3. The number of rotatable bonds is 4. The van der Waals surface area contributed by atoms with Crippen LogP contribution in [0.2, 0.25) is 0 Å². The number of likely N-dealkylation sites (tertiary alicyclic amines) is 1. The van der Waals surface area contributed by atoms with Gasteiger partial charge in [-0.2, -0.15) is 0 Å². The Kier molecular flexibility index (Phi) is 6.41. The van der Waals surface area contributed by atoms with Crippen molar-refractivity contribution in [1.29, 1.82) is 0 Å². The fourth-order valence-electron chi connectivity index (χ4n) is 3.16. The number of hydrogen-bond acceptors (Lipinski definition) is 2. The molecule has 0 aliphatic carbocycles. The molecule has 0 aromatic rings. The summed E-state index contributed by atoms with van der Waals surface area (Å²) in [5, 5.41) is 2.96. The van der Waals surface area contributed by atoms with Crippen LogP contribution in [0.4, 0.5) is 0 Å². The van der Waals surface area contributed by atoms with E-state index < -0.39 is 0 Å². The minimum absolute atomic E-state index is 0.00982. The summed E-state index contributed by atoms with van der Waals surface area (Å²) in [5.74, 6) is 0.158. The molecule has 22 heavy (non-hydrogen) atoms. The summed E-state index contributed by atoms with van der Waals surface area (Å²) < 4.78 is 0. The molecule has 2 N–H and O–H groups in total. The Morgan fingerprint density at radius 3 is 2.18 bits per heavy atom. The van der Waals surface area contributed by atoms with Crippen LogP contribution in [0.25, 0.3) is 0 Å². The van der Waals surface area contributed by atoms with E-state index in [1.807, 2.05) is 39.6 Å². The van der Waals surface area contributed by atoms with Crippen LogP contribution >= 0.6 is 0 Å². The second kappa shape index (κ2) is 7.44. The average Bonchev–Trinajstić information content (AvgIpc) is 2.34. The fraction of sp³-hybridized carbons (Fsp3) is 0.882. The molecule has 5 nitrogen and oxygen atoms in total. The smallest absolute Gasteiger partial charge is 0.281 e. The van der Waals surface area contributed by atoms with Gasteiger partial charge < -0.3 is 15.1 Å². The van der Waals surface area contributed by atoms with Gasteiger partial charge in [0.1, 0.15) is 0 Å². The van der Waals surface area contributed by atoms with E-state index in [0.717, 1.165) is 17.7 Å². The quantitative estimate of drug-likeness (QED) is 0.798. The lowest BCUT2D eigenvalue weighted by Crippen LogP contribution is -3.15. The van der Waals surface area contributed by atoms with E-state index >= 15 is 0 Å². The number of carbonyl (C=O) groups is 2. The Labute approximate surface area is 135 Å². The molecule has 4 atom stereocenters. The van der Waals surface area contributed by atoms with Crippen molar-refractivity contribution in [2.75, 3.05) is 13.6 Å². The summed E-state index contributed by atoms with van der Waals surface area (Å²) in [6, 6.07) is 0.401. The highest BCUT2D eigenvalue weighted by molar-refractivity contribution is 5.82. The number of nitrogens with one attached hydrogen (secondary N) is 2. The monoisotopic (exact) mass is 312 g/mol. The molecular formula is C17H34N3O2+. The number of amides is 2.